The number of hydrogen-bond acceptors (Lipinski definition) is 3. The number of aromatic amines is 1. The van der Waals surface area contributed by atoms with Gasteiger partial charge in [0.1, 0.15) is 0 Å². The summed E-state index contributed by atoms with van der Waals surface area (Å²) in [6.07, 6.45) is -4.08. The zero-order chi connectivity index (χ0) is 23.4. The SMILES string of the molecule is FC(F)(F)c1cc(-c2cnc3c(Nc4ccc5[nH]ccc5c4)nccn23)cc(C(F)(F)F)c1. The summed E-state index contributed by atoms with van der Waals surface area (Å²) in [6, 6.07) is 8.85. The summed E-state index contributed by atoms with van der Waals surface area (Å²) in [5.74, 6) is 0.293. The minimum Gasteiger partial charge on any atom is -0.361 e. The maximum Gasteiger partial charge on any atom is 0.416 e. The van der Waals surface area contributed by atoms with E-state index < -0.39 is 23.5 Å². The van der Waals surface area contributed by atoms with Crippen LogP contribution >= 0.6 is 0 Å². The lowest BCUT2D eigenvalue weighted by atomic mass is 10.0. The van der Waals surface area contributed by atoms with Gasteiger partial charge in [0.05, 0.1) is 23.0 Å². The Hall–Kier alpha value is -4.02. The van der Waals surface area contributed by atoms with Gasteiger partial charge in [-0.2, -0.15) is 26.3 Å². The number of halogens is 6. The average molecular weight is 461 g/mol. The third-order valence-corrected chi connectivity index (χ3v) is 5.13. The second kappa shape index (κ2) is 7.26. The largest absolute Gasteiger partial charge is 0.416 e. The van der Waals surface area contributed by atoms with Crippen LogP contribution in [-0.4, -0.2) is 19.4 Å². The molecule has 33 heavy (non-hydrogen) atoms. The maximum absolute atomic E-state index is 13.3. The summed E-state index contributed by atoms with van der Waals surface area (Å²) in [5.41, 5.74) is -1.13. The van der Waals surface area contributed by atoms with Gasteiger partial charge in [0.25, 0.3) is 0 Å². The highest BCUT2D eigenvalue weighted by Gasteiger charge is 2.37. The predicted molar refractivity (Wildman–Crippen MR) is 110 cm³/mol. The van der Waals surface area contributed by atoms with Crippen LogP contribution in [0.25, 0.3) is 27.8 Å². The molecule has 3 aromatic heterocycles. The van der Waals surface area contributed by atoms with Crippen LogP contribution < -0.4 is 5.32 Å². The molecule has 0 amide bonds. The summed E-state index contributed by atoms with van der Waals surface area (Å²) >= 11 is 0. The lowest BCUT2D eigenvalue weighted by Crippen LogP contribution is -2.11. The van der Waals surface area contributed by atoms with Crippen LogP contribution in [-0.2, 0) is 12.4 Å². The first-order valence-corrected chi connectivity index (χ1v) is 9.56. The maximum atomic E-state index is 13.3. The second-order valence-electron chi connectivity index (χ2n) is 7.31. The molecule has 0 fully saturated rings. The Bertz CT molecular complexity index is 1450. The Morgan fingerprint density at radius 3 is 2.27 bits per heavy atom. The summed E-state index contributed by atoms with van der Waals surface area (Å²) < 4.78 is 81.0. The van der Waals surface area contributed by atoms with Crippen molar-refractivity contribution in [3.63, 3.8) is 0 Å². The van der Waals surface area contributed by atoms with Crippen LogP contribution in [0.4, 0.5) is 37.8 Å². The van der Waals surface area contributed by atoms with Gasteiger partial charge in [-0.15, -0.1) is 0 Å². The molecule has 0 saturated heterocycles. The quantitative estimate of drug-likeness (QED) is 0.296. The smallest absolute Gasteiger partial charge is 0.361 e. The van der Waals surface area contributed by atoms with Crippen molar-refractivity contribution in [2.45, 2.75) is 12.4 Å². The molecule has 0 spiro atoms. The van der Waals surface area contributed by atoms with Gasteiger partial charge in [0.2, 0.25) is 0 Å². The van der Waals surface area contributed by atoms with Crippen molar-refractivity contribution in [2.24, 2.45) is 0 Å². The first-order valence-electron chi connectivity index (χ1n) is 9.56. The summed E-state index contributed by atoms with van der Waals surface area (Å²) in [5, 5.41) is 4.04. The van der Waals surface area contributed by atoms with E-state index in [2.05, 4.69) is 20.3 Å². The number of fused-ring (bicyclic) bond motifs is 2. The van der Waals surface area contributed by atoms with Crippen molar-refractivity contribution in [3.8, 4) is 11.3 Å². The molecular weight excluding hydrogens is 448 g/mol. The number of nitrogens with one attached hydrogen (secondary N) is 2. The van der Waals surface area contributed by atoms with Gasteiger partial charge in [-0.05, 0) is 42.5 Å². The molecule has 0 unspecified atom stereocenters. The highest BCUT2D eigenvalue weighted by Crippen LogP contribution is 2.39. The Balaban J connectivity index is 1.60. The van der Waals surface area contributed by atoms with Crippen LogP contribution in [0.5, 0.6) is 0 Å². The topological polar surface area (TPSA) is 58.0 Å². The fourth-order valence-corrected chi connectivity index (χ4v) is 3.59. The minimum atomic E-state index is -4.94. The van der Waals surface area contributed by atoms with Gasteiger partial charge >= 0.3 is 12.4 Å². The van der Waals surface area contributed by atoms with Gasteiger partial charge in [0, 0.05) is 40.7 Å². The van der Waals surface area contributed by atoms with Gasteiger partial charge in [-0.3, -0.25) is 4.40 Å². The molecule has 11 heteroatoms. The van der Waals surface area contributed by atoms with Gasteiger partial charge in [0.15, 0.2) is 11.5 Å². The van der Waals surface area contributed by atoms with Crippen molar-refractivity contribution in [1.29, 1.82) is 0 Å². The molecule has 5 nitrogen and oxygen atoms in total. The van der Waals surface area contributed by atoms with E-state index in [1.54, 1.807) is 12.3 Å². The molecule has 2 N–H and O–H groups in total. The van der Waals surface area contributed by atoms with E-state index in [0.29, 0.717) is 23.6 Å². The molecule has 3 heterocycles. The summed E-state index contributed by atoms with van der Waals surface area (Å²) in [7, 11) is 0. The van der Waals surface area contributed by atoms with Gasteiger partial charge in [-0.25, -0.2) is 9.97 Å². The van der Waals surface area contributed by atoms with Crippen molar-refractivity contribution in [1.82, 2.24) is 19.4 Å². The number of hydrogen-bond donors (Lipinski definition) is 2. The fourth-order valence-electron chi connectivity index (χ4n) is 3.59. The highest BCUT2D eigenvalue weighted by molar-refractivity contribution is 5.85. The molecule has 5 aromatic rings. The molecule has 168 valence electrons. The third kappa shape index (κ3) is 3.86. The summed E-state index contributed by atoms with van der Waals surface area (Å²) in [6.45, 7) is 0. The van der Waals surface area contributed by atoms with Crippen molar-refractivity contribution >= 4 is 28.1 Å². The molecular formula is C22H13F6N5. The van der Waals surface area contributed by atoms with E-state index in [-0.39, 0.29) is 23.0 Å². The van der Waals surface area contributed by atoms with E-state index in [0.717, 1.165) is 10.9 Å². The zero-order valence-electron chi connectivity index (χ0n) is 16.5. The Morgan fingerprint density at radius 2 is 1.58 bits per heavy atom. The lowest BCUT2D eigenvalue weighted by molar-refractivity contribution is -0.143. The average Bonchev–Trinajstić information content (AvgIpc) is 3.39. The Kier molecular flexibility index (Phi) is 4.59. The van der Waals surface area contributed by atoms with Crippen LogP contribution in [0.1, 0.15) is 11.1 Å². The lowest BCUT2D eigenvalue weighted by Gasteiger charge is -2.14. The van der Waals surface area contributed by atoms with E-state index in [1.165, 1.54) is 23.0 Å². The van der Waals surface area contributed by atoms with E-state index in [1.807, 2.05) is 18.2 Å². The van der Waals surface area contributed by atoms with E-state index >= 15 is 0 Å². The Morgan fingerprint density at radius 1 is 0.848 bits per heavy atom. The van der Waals surface area contributed by atoms with Crippen molar-refractivity contribution in [3.05, 3.63) is 78.4 Å². The van der Waals surface area contributed by atoms with E-state index in [9.17, 15) is 26.3 Å². The predicted octanol–water partition coefficient (Wildman–Crippen LogP) is 6.66. The molecule has 0 aliphatic heterocycles. The molecule has 0 atom stereocenters. The molecule has 0 radical (unpaired) electrons. The van der Waals surface area contributed by atoms with Crippen LogP contribution in [0.15, 0.2) is 67.3 Å². The minimum absolute atomic E-state index is 0.0631. The number of imidazole rings is 1. The number of nitrogens with zero attached hydrogens (tertiary/aromatic N) is 3. The van der Waals surface area contributed by atoms with Crippen LogP contribution in [0.3, 0.4) is 0 Å². The van der Waals surface area contributed by atoms with Crippen molar-refractivity contribution < 1.29 is 26.3 Å². The molecule has 0 bridgehead atoms. The fraction of sp³-hybridized carbons (Fsp3) is 0.0909. The molecule has 5 rings (SSSR count). The molecule has 2 aromatic carbocycles. The monoisotopic (exact) mass is 461 g/mol. The number of H-pyrrole nitrogens is 1. The highest BCUT2D eigenvalue weighted by atomic mass is 19.4. The van der Waals surface area contributed by atoms with E-state index in [4.69, 9.17) is 0 Å². The number of rotatable bonds is 3. The summed E-state index contributed by atoms with van der Waals surface area (Å²) in [4.78, 5) is 11.5. The second-order valence-corrected chi connectivity index (χ2v) is 7.31. The Labute approximate surface area is 181 Å². The first-order chi connectivity index (χ1) is 15.6. The molecule has 0 aliphatic rings. The van der Waals surface area contributed by atoms with Crippen LogP contribution in [0.2, 0.25) is 0 Å². The number of benzene rings is 2. The van der Waals surface area contributed by atoms with Crippen molar-refractivity contribution in [2.75, 3.05) is 5.32 Å². The number of anilines is 2. The molecule has 0 saturated carbocycles. The first kappa shape index (κ1) is 20.9. The zero-order valence-corrected chi connectivity index (χ0v) is 16.5. The van der Waals surface area contributed by atoms with Crippen LogP contribution in [0, 0.1) is 0 Å². The third-order valence-electron chi connectivity index (χ3n) is 5.13. The standard InChI is InChI=1S/C22H13F6N5/c23-21(24,25)14-7-13(8-15(10-14)22(26,27)28)18-11-31-20-19(30-5-6-33(18)20)32-16-1-2-17-12(9-16)3-4-29-17/h1-11,29H,(H,30,32). The number of aromatic nitrogens is 4. The number of alkyl halides is 6. The normalized spacial score (nSPS) is 12.5. The van der Waals surface area contributed by atoms with Gasteiger partial charge in [-0.1, -0.05) is 0 Å². The van der Waals surface area contributed by atoms with Gasteiger partial charge < -0.3 is 10.3 Å². The molecule has 0 aliphatic carbocycles.